The zero-order chi connectivity index (χ0) is 13.0. The third-order valence-corrected chi connectivity index (χ3v) is 3.17. The van der Waals surface area contributed by atoms with Gasteiger partial charge >= 0.3 is 0 Å². The molecule has 1 nitrogen and oxygen atoms in total. The predicted molar refractivity (Wildman–Crippen MR) is 78.3 cm³/mol. The number of benzene rings is 2. The van der Waals surface area contributed by atoms with Gasteiger partial charge in [0.15, 0.2) is 0 Å². The van der Waals surface area contributed by atoms with Gasteiger partial charge in [-0.1, -0.05) is 68.4 Å². The fourth-order valence-electron chi connectivity index (χ4n) is 2.20. The van der Waals surface area contributed by atoms with Crippen LogP contribution in [0.3, 0.4) is 0 Å². The standard InChI is InChI=1S/C17H21N/c1-13(2)12-17(18)16-10-8-15(9-11-16)14-6-4-3-5-7-14/h3-11,13,17H,12,18H2,1-2H3/t17-/m0/s1. The van der Waals surface area contributed by atoms with Gasteiger partial charge in [0.25, 0.3) is 0 Å². The first-order valence-corrected chi connectivity index (χ1v) is 6.58. The van der Waals surface area contributed by atoms with Crippen LogP contribution < -0.4 is 5.73 Å². The van der Waals surface area contributed by atoms with Crippen LogP contribution in [-0.2, 0) is 0 Å². The van der Waals surface area contributed by atoms with Crippen molar-refractivity contribution in [3.8, 4) is 11.1 Å². The normalized spacial score (nSPS) is 12.7. The monoisotopic (exact) mass is 239 g/mol. The van der Waals surface area contributed by atoms with Crippen molar-refractivity contribution >= 4 is 0 Å². The van der Waals surface area contributed by atoms with E-state index in [9.17, 15) is 0 Å². The van der Waals surface area contributed by atoms with Crippen LogP contribution in [0.1, 0.15) is 31.9 Å². The highest BCUT2D eigenvalue weighted by Crippen LogP contribution is 2.23. The molecule has 0 aliphatic rings. The van der Waals surface area contributed by atoms with Gasteiger partial charge in [-0.3, -0.25) is 0 Å². The molecule has 2 aromatic carbocycles. The summed E-state index contributed by atoms with van der Waals surface area (Å²) in [5.41, 5.74) is 9.91. The zero-order valence-corrected chi connectivity index (χ0v) is 11.1. The Morgan fingerprint density at radius 1 is 0.833 bits per heavy atom. The topological polar surface area (TPSA) is 26.0 Å². The maximum atomic E-state index is 6.18. The Bertz CT molecular complexity index is 471. The molecule has 0 radical (unpaired) electrons. The first kappa shape index (κ1) is 12.8. The first-order chi connectivity index (χ1) is 8.66. The molecule has 0 bridgehead atoms. The van der Waals surface area contributed by atoms with Gasteiger partial charge < -0.3 is 5.73 Å². The number of hydrogen-bond acceptors (Lipinski definition) is 1. The lowest BCUT2D eigenvalue weighted by molar-refractivity contribution is 0.510. The SMILES string of the molecule is CC(C)C[C@H](N)c1ccc(-c2ccccc2)cc1. The third-order valence-electron chi connectivity index (χ3n) is 3.17. The van der Waals surface area contributed by atoms with E-state index in [0.717, 1.165) is 6.42 Å². The Morgan fingerprint density at radius 2 is 1.39 bits per heavy atom. The summed E-state index contributed by atoms with van der Waals surface area (Å²) in [5, 5.41) is 0. The lowest BCUT2D eigenvalue weighted by Crippen LogP contribution is -2.12. The van der Waals surface area contributed by atoms with Gasteiger partial charge in [0.2, 0.25) is 0 Å². The molecule has 2 rings (SSSR count). The van der Waals surface area contributed by atoms with Crippen LogP contribution in [0, 0.1) is 5.92 Å². The van der Waals surface area contributed by atoms with Crippen LogP contribution in [0.4, 0.5) is 0 Å². The fourth-order valence-corrected chi connectivity index (χ4v) is 2.20. The summed E-state index contributed by atoms with van der Waals surface area (Å²) < 4.78 is 0. The Hall–Kier alpha value is -1.60. The molecule has 0 spiro atoms. The summed E-state index contributed by atoms with van der Waals surface area (Å²) in [6.45, 7) is 4.41. The molecule has 94 valence electrons. The quantitative estimate of drug-likeness (QED) is 0.840. The second kappa shape index (κ2) is 5.83. The summed E-state index contributed by atoms with van der Waals surface area (Å²) in [7, 11) is 0. The van der Waals surface area contributed by atoms with Crippen molar-refractivity contribution in [2.24, 2.45) is 11.7 Å². The lowest BCUT2D eigenvalue weighted by Gasteiger charge is -2.14. The van der Waals surface area contributed by atoms with Crippen LogP contribution in [0.15, 0.2) is 54.6 Å². The maximum absolute atomic E-state index is 6.18. The van der Waals surface area contributed by atoms with Crippen molar-refractivity contribution in [1.82, 2.24) is 0 Å². The van der Waals surface area contributed by atoms with Crippen LogP contribution in [0.25, 0.3) is 11.1 Å². The van der Waals surface area contributed by atoms with E-state index in [1.165, 1.54) is 16.7 Å². The average Bonchev–Trinajstić information content (AvgIpc) is 2.39. The molecule has 0 saturated carbocycles. The fraction of sp³-hybridized carbons (Fsp3) is 0.294. The highest BCUT2D eigenvalue weighted by atomic mass is 14.6. The number of rotatable bonds is 4. The highest BCUT2D eigenvalue weighted by molar-refractivity contribution is 5.63. The zero-order valence-electron chi connectivity index (χ0n) is 11.1. The van der Waals surface area contributed by atoms with Crippen LogP contribution in [0.2, 0.25) is 0 Å². The van der Waals surface area contributed by atoms with Crippen molar-refractivity contribution in [2.75, 3.05) is 0 Å². The summed E-state index contributed by atoms with van der Waals surface area (Å²) in [4.78, 5) is 0. The van der Waals surface area contributed by atoms with Crippen LogP contribution >= 0.6 is 0 Å². The molecule has 0 aliphatic carbocycles. The highest BCUT2D eigenvalue weighted by Gasteiger charge is 2.08. The van der Waals surface area contributed by atoms with E-state index in [-0.39, 0.29) is 6.04 Å². The molecule has 0 unspecified atom stereocenters. The van der Waals surface area contributed by atoms with Crippen molar-refractivity contribution in [3.05, 3.63) is 60.2 Å². The molecule has 1 heteroatoms. The van der Waals surface area contributed by atoms with E-state index in [0.29, 0.717) is 5.92 Å². The van der Waals surface area contributed by atoms with E-state index < -0.39 is 0 Å². The first-order valence-electron chi connectivity index (χ1n) is 6.58. The predicted octanol–water partition coefficient (Wildman–Crippen LogP) is 4.40. The molecular weight excluding hydrogens is 218 g/mol. The second-order valence-electron chi connectivity index (χ2n) is 5.22. The molecule has 0 heterocycles. The van der Waals surface area contributed by atoms with Gasteiger partial charge in [0.05, 0.1) is 0 Å². The van der Waals surface area contributed by atoms with Gasteiger partial charge in [-0.15, -0.1) is 0 Å². The molecule has 2 aromatic rings. The molecule has 0 fully saturated rings. The van der Waals surface area contributed by atoms with Gasteiger partial charge in [-0.25, -0.2) is 0 Å². The Morgan fingerprint density at radius 3 is 1.94 bits per heavy atom. The molecule has 1 atom stereocenters. The Kier molecular flexibility index (Phi) is 4.16. The van der Waals surface area contributed by atoms with E-state index in [1.54, 1.807) is 0 Å². The van der Waals surface area contributed by atoms with Crippen molar-refractivity contribution < 1.29 is 0 Å². The summed E-state index contributed by atoms with van der Waals surface area (Å²) >= 11 is 0. The molecule has 2 N–H and O–H groups in total. The van der Waals surface area contributed by atoms with Crippen molar-refractivity contribution in [3.63, 3.8) is 0 Å². The maximum Gasteiger partial charge on any atom is 0.0297 e. The van der Waals surface area contributed by atoms with E-state index >= 15 is 0 Å². The summed E-state index contributed by atoms with van der Waals surface area (Å²) in [6.07, 6.45) is 1.03. The van der Waals surface area contributed by atoms with E-state index in [1.807, 2.05) is 6.07 Å². The van der Waals surface area contributed by atoms with Gasteiger partial charge in [-0.05, 0) is 29.0 Å². The number of hydrogen-bond donors (Lipinski definition) is 1. The van der Waals surface area contributed by atoms with Crippen molar-refractivity contribution in [2.45, 2.75) is 26.3 Å². The summed E-state index contributed by atoms with van der Waals surface area (Å²) in [5.74, 6) is 0.633. The van der Waals surface area contributed by atoms with E-state index in [2.05, 4.69) is 62.4 Å². The Balaban J connectivity index is 2.15. The minimum atomic E-state index is 0.148. The van der Waals surface area contributed by atoms with Gasteiger partial charge in [-0.2, -0.15) is 0 Å². The molecule has 0 saturated heterocycles. The van der Waals surface area contributed by atoms with Crippen molar-refractivity contribution in [1.29, 1.82) is 0 Å². The largest absolute Gasteiger partial charge is 0.324 e. The summed E-state index contributed by atoms with van der Waals surface area (Å²) in [6, 6.07) is 19.2. The smallest absolute Gasteiger partial charge is 0.0297 e. The molecule has 0 aromatic heterocycles. The second-order valence-corrected chi connectivity index (χ2v) is 5.22. The minimum absolute atomic E-state index is 0.148. The lowest BCUT2D eigenvalue weighted by atomic mass is 9.96. The molecule has 0 aliphatic heterocycles. The Labute approximate surface area is 110 Å². The molecular formula is C17H21N. The van der Waals surface area contributed by atoms with Crippen LogP contribution in [0.5, 0.6) is 0 Å². The molecule has 18 heavy (non-hydrogen) atoms. The average molecular weight is 239 g/mol. The van der Waals surface area contributed by atoms with Crippen LogP contribution in [-0.4, -0.2) is 0 Å². The van der Waals surface area contributed by atoms with Gasteiger partial charge in [0.1, 0.15) is 0 Å². The van der Waals surface area contributed by atoms with Gasteiger partial charge in [0, 0.05) is 6.04 Å². The minimum Gasteiger partial charge on any atom is -0.324 e. The third kappa shape index (κ3) is 3.21. The van der Waals surface area contributed by atoms with E-state index in [4.69, 9.17) is 5.73 Å². The molecule has 0 amide bonds. The number of nitrogens with two attached hydrogens (primary N) is 1.